The fourth-order valence-electron chi connectivity index (χ4n) is 2.98. The van der Waals surface area contributed by atoms with Gasteiger partial charge in [0.15, 0.2) is 5.82 Å². The van der Waals surface area contributed by atoms with Crippen molar-refractivity contribution in [3.8, 4) is 22.5 Å². The highest BCUT2D eigenvalue weighted by Gasteiger charge is 2.17. The van der Waals surface area contributed by atoms with E-state index in [-0.39, 0.29) is 5.52 Å². The number of imidazole rings is 1. The van der Waals surface area contributed by atoms with Crippen LogP contribution in [0.4, 0.5) is 16.0 Å². The standard InChI is InChI=1S/C18H12FN9/c19-12-6-13(24-18-20-7-11(8-21-18)17-25-27-28-26-17)14(10-4-2-1-3-5-10)16-15(12)22-9-23-16/h1-9H,(H,22,23)(H,20,21,24)(H,25,26,27,28). The minimum Gasteiger partial charge on any atom is -0.344 e. The van der Waals surface area contributed by atoms with Gasteiger partial charge in [0, 0.05) is 24.0 Å². The van der Waals surface area contributed by atoms with Crippen molar-refractivity contribution in [1.29, 1.82) is 0 Å². The van der Waals surface area contributed by atoms with Crippen LogP contribution in [0.15, 0.2) is 55.1 Å². The van der Waals surface area contributed by atoms with Crippen molar-refractivity contribution in [3.63, 3.8) is 0 Å². The summed E-state index contributed by atoms with van der Waals surface area (Å²) in [6.07, 6.45) is 4.60. The average Bonchev–Trinajstić information content (AvgIpc) is 3.42. The van der Waals surface area contributed by atoms with Crippen LogP contribution in [0.3, 0.4) is 0 Å². The van der Waals surface area contributed by atoms with E-state index in [1.807, 2.05) is 30.3 Å². The van der Waals surface area contributed by atoms with Crippen molar-refractivity contribution in [3.05, 3.63) is 60.9 Å². The van der Waals surface area contributed by atoms with Gasteiger partial charge in [-0.25, -0.2) is 19.3 Å². The summed E-state index contributed by atoms with van der Waals surface area (Å²) < 4.78 is 14.5. The minimum absolute atomic E-state index is 0.276. The molecule has 0 atom stereocenters. The Hall–Kier alpha value is -4.21. The number of nitrogens with one attached hydrogen (secondary N) is 3. The second-order valence-electron chi connectivity index (χ2n) is 5.93. The summed E-state index contributed by atoms with van der Waals surface area (Å²) in [5.41, 5.74) is 3.68. The van der Waals surface area contributed by atoms with Crippen LogP contribution in [0.1, 0.15) is 0 Å². The lowest BCUT2D eigenvalue weighted by atomic mass is 10.0. The smallest absolute Gasteiger partial charge is 0.227 e. The molecule has 5 aromatic rings. The number of aromatic nitrogens is 8. The third-order valence-electron chi connectivity index (χ3n) is 4.22. The summed E-state index contributed by atoms with van der Waals surface area (Å²) in [6.45, 7) is 0. The number of anilines is 2. The van der Waals surface area contributed by atoms with Gasteiger partial charge in [-0.15, -0.1) is 10.2 Å². The molecular weight excluding hydrogens is 361 g/mol. The molecule has 3 N–H and O–H groups in total. The van der Waals surface area contributed by atoms with Gasteiger partial charge in [-0.1, -0.05) is 30.3 Å². The Bertz CT molecular complexity index is 1230. The second kappa shape index (κ2) is 6.50. The number of H-pyrrole nitrogens is 2. The normalized spacial score (nSPS) is 11.0. The fraction of sp³-hybridized carbons (Fsp3) is 0. The quantitative estimate of drug-likeness (QED) is 0.442. The number of benzene rings is 2. The third kappa shape index (κ3) is 2.72. The molecule has 5 rings (SSSR count). The fourth-order valence-corrected chi connectivity index (χ4v) is 2.98. The van der Waals surface area contributed by atoms with Gasteiger partial charge in [0.25, 0.3) is 0 Å². The lowest BCUT2D eigenvalue weighted by Gasteiger charge is -2.13. The number of fused-ring (bicyclic) bond motifs is 1. The van der Waals surface area contributed by atoms with Gasteiger partial charge < -0.3 is 10.3 Å². The Kier molecular flexibility index (Phi) is 3.72. The maximum atomic E-state index is 14.5. The van der Waals surface area contributed by atoms with Crippen LogP contribution in [-0.4, -0.2) is 40.6 Å². The van der Waals surface area contributed by atoms with Crippen LogP contribution in [-0.2, 0) is 0 Å². The molecule has 0 fully saturated rings. The highest BCUT2D eigenvalue weighted by atomic mass is 19.1. The van der Waals surface area contributed by atoms with Crippen LogP contribution >= 0.6 is 0 Å². The summed E-state index contributed by atoms with van der Waals surface area (Å²) in [4.78, 5) is 15.6. The maximum Gasteiger partial charge on any atom is 0.227 e. The lowest BCUT2D eigenvalue weighted by Crippen LogP contribution is -2.00. The highest BCUT2D eigenvalue weighted by molar-refractivity contribution is 6.00. The molecule has 0 amide bonds. The van der Waals surface area contributed by atoms with Gasteiger partial charge >= 0.3 is 0 Å². The highest BCUT2D eigenvalue weighted by Crippen LogP contribution is 2.36. The molecule has 136 valence electrons. The van der Waals surface area contributed by atoms with Crippen LogP contribution in [0, 0.1) is 5.82 Å². The van der Waals surface area contributed by atoms with Gasteiger partial charge in [0.2, 0.25) is 11.8 Å². The monoisotopic (exact) mass is 373 g/mol. The lowest BCUT2D eigenvalue weighted by molar-refractivity contribution is 0.638. The molecule has 0 aliphatic rings. The Morgan fingerprint density at radius 2 is 1.79 bits per heavy atom. The van der Waals surface area contributed by atoms with Crippen LogP contribution in [0.25, 0.3) is 33.5 Å². The van der Waals surface area contributed by atoms with Gasteiger partial charge in [-0.3, -0.25) is 0 Å². The van der Waals surface area contributed by atoms with Crippen molar-refractivity contribution in [2.75, 3.05) is 5.32 Å². The van der Waals surface area contributed by atoms with E-state index in [9.17, 15) is 4.39 Å². The van der Waals surface area contributed by atoms with E-state index in [1.54, 1.807) is 12.4 Å². The molecule has 0 saturated carbocycles. The molecule has 0 aliphatic carbocycles. The summed E-state index contributed by atoms with van der Waals surface area (Å²) in [5.74, 6) is 0.256. The van der Waals surface area contributed by atoms with E-state index in [2.05, 4.69) is 45.9 Å². The van der Waals surface area contributed by atoms with E-state index in [0.29, 0.717) is 28.5 Å². The molecule has 9 nitrogen and oxygen atoms in total. The Labute approximate surface area is 157 Å². The van der Waals surface area contributed by atoms with Crippen molar-refractivity contribution in [1.82, 2.24) is 40.6 Å². The Morgan fingerprint density at radius 3 is 2.54 bits per heavy atom. The first kappa shape index (κ1) is 16.0. The van der Waals surface area contributed by atoms with Gasteiger partial charge in [0.05, 0.1) is 23.1 Å². The summed E-state index contributed by atoms with van der Waals surface area (Å²) in [6, 6.07) is 11.0. The predicted molar refractivity (Wildman–Crippen MR) is 100.0 cm³/mol. The first-order valence-corrected chi connectivity index (χ1v) is 8.33. The van der Waals surface area contributed by atoms with Crippen molar-refractivity contribution >= 4 is 22.7 Å². The molecule has 3 aromatic heterocycles. The zero-order valence-electron chi connectivity index (χ0n) is 14.3. The number of halogens is 1. The average molecular weight is 373 g/mol. The van der Waals surface area contributed by atoms with Gasteiger partial charge in [0.1, 0.15) is 5.52 Å². The number of hydrogen-bond acceptors (Lipinski definition) is 7. The number of tetrazole rings is 1. The van der Waals surface area contributed by atoms with Crippen molar-refractivity contribution < 1.29 is 4.39 Å². The zero-order chi connectivity index (χ0) is 18.9. The molecule has 0 spiro atoms. The Balaban J connectivity index is 1.59. The maximum absolute atomic E-state index is 14.5. The molecule has 0 radical (unpaired) electrons. The minimum atomic E-state index is -0.443. The van der Waals surface area contributed by atoms with E-state index in [4.69, 9.17) is 0 Å². The number of aromatic amines is 2. The molecule has 0 aliphatic heterocycles. The number of rotatable bonds is 4. The molecule has 10 heteroatoms. The molecule has 3 heterocycles. The topological polar surface area (TPSA) is 121 Å². The molecular formula is C18H12FN9. The van der Waals surface area contributed by atoms with Gasteiger partial charge in [-0.05, 0) is 10.8 Å². The first-order valence-electron chi connectivity index (χ1n) is 8.33. The van der Waals surface area contributed by atoms with E-state index >= 15 is 0 Å². The number of nitrogens with zero attached hydrogens (tertiary/aromatic N) is 6. The molecule has 0 unspecified atom stereocenters. The molecule has 0 bridgehead atoms. The zero-order valence-corrected chi connectivity index (χ0v) is 14.3. The molecule has 0 saturated heterocycles. The third-order valence-corrected chi connectivity index (χ3v) is 4.22. The number of hydrogen-bond donors (Lipinski definition) is 3. The van der Waals surface area contributed by atoms with E-state index in [1.165, 1.54) is 12.4 Å². The van der Waals surface area contributed by atoms with Gasteiger partial charge in [-0.2, -0.15) is 5.21 Å². The summed E-state index contributed by atoms with van der Waals surface area (Å²) in [5, 5.41) is 16.7. The van der Waals surface area contributed by atoms with Crippen LogP contribution < -0.4 is 5.32 Å². The molecule has 28 heavy (non-hydrogen) atoms. The SMILES string of the molecule is Fc1cc(Nc2ncc(-c3nn[nH]n3)cn2)c(-c2ccccc2)c2[nH]cnc12. The first-order chi connectivity index (χ1) is 13.8. The second-order valence-corrected chi connectivity index (χ2v) is 5.93. The van der Waals surface area contributed by atoms with E-state index in [0.717, 1.165) is 11.1 Å². The van der Waals surface area contributed by atoms with Crippen LogP contribution in [0.5, 0.6) is 0 Å². The van der Waals surface area contributed by atoms with Crippen LogP contribution in [0.2, 0.25) is 0 Å². The molecule has 2 aromatic carbocycles. The Morgan fingerprint density at radius 1 is 0.964 bits per heavy atom. The van der Waals surface area contributed by atoms with Crippen molar-refractivity contribution in [2.24, 2.45) is 0 Å². The van der Waals surface area contributed by atoms with Crippen molar-refractivity contribution in [2.45, 2.75) is 0 Å². The largest absolute Gasteiger partial charge is 0.344 e. The summed E-state index contributed by atoms with van der Waals surface area (Å²) >= 11 is 0. The predicted octanol–water partition coefficient (Wildman–Crippen LogP) is 3.08. The summed E-state index contributed by atoms with van der Waals surface area (Å²) in [7, 11) is 0. The van der Waals surface area contributed by atoms with E-state index < -0.39 is 5.82 Å².